The molecule has 5 nitrogen and oxygen atoms in total. The van der Waals surface area contributed by atoms with E-state index >= 15 is 0 Å². The van der Waals surface area contributed by atoms with Crippen LogP contribution in [0.3, 0.4) is 0 Å². The number of amides is 1. The fraction of sp³-hybridized carbons (Fsp3) is 0.462. The Hall–Kier alpha value is -1.34. The van der Waals surface area contributed by atoms with E-state index in [1.807, 2.05) is 35.9 Å². The average molecular weight is 310 g/mol. The van der Waals surface area contributed by atoms with E-state index in [4.69, 9.17) is 0 Å². The number of hydrogen-bond acceptors (Lipinski definition) is 5. The van der Waals surface area contributed by atoms with Gasteiger partial charge in [0.2, 0.25) is 5.91 Å². The molecule has 0 bridgehead atoms. The van der Waals surface area contributed by atoms with Crippen molar-refractivity contribution < 1.29 is 4.79 Å². The van der Waals surface area contributed by atoms with Gasteiger partial charge in [-0.25, -0.2) is 0 Å². The molecule has 0 radical (unpaired) electrons. The van der Waals surface area contributed by atoms with Crippen molar-refractivity contribution in [2.24, 2.45) is 0 Å². The van der Waals surface area contributed by atoms with Crippen LogP contribution in [0, 0.1) is 0 Å². The van der Waals surface area contributed by atoms with Crippen molar-refractivity contribution in [3.8, 4) is 10.7 Å². The summed E-state index contributed by atoms with van der Waals surface area (Å²) < 4.78 is 2.05. The molecule has 2 heterocycles. The van der Waals surface area contributed by atoms with Crippen LogP contribution in [0.1, 0.15) is 20.8 Å². The van der Waals surface area contributed by atoms with Gasteiger partial charge in [0.05, 0.1) is 10.1 Å². The van der Waals surface area contributed by atoms with Gasteiger partial charge >= 0.3 is 0 Å². The lowest BCUT2D eigenvalue weighted by Gasteiger charge is -2.11. The molecule has 0 saturated carbocycles. The zero-order chi connectivity index (χ0) is 14.5. The van der Waals surface area contributed by atoms with Crippen molar-refractivity contribution in [2.45, 2.75) is 37.7 Å². The monoisotopic (exact) mass is 310 g/mol. The van der Waals surface area contributed by atoms with E-state index in [2.05, 4.69) is 22.4 Å². The van der Waals surface area contributed by atoms with Crippen LogP contribution in [-0.4, -0.2) is 32.5 Å². The summed E-state index contributed by atoms with van der Waals surface area (Å²) in [5.41, 5.74) is 0. The summed E-state index contributed by atoms with van der Waals surface area (Å²) in [5, 5.41) is 13.9. The zero-order valence-electron chi connectivity index (χ0n) is 11.8. The van der Waals surface area contributed by atoms with Gasteiger partial charge in [-0.1, -0.05) is 17.8 Å². The maximum Gasteiger partial charge on any atom is 0.233 e. The molecule has 0 fully saturated rings. The van der Waals surface area contributed by atoms with Crippen LogP contribution in [0.15, 0.2) is 22.7 Å². The smallest absolute Gasteiger partial charge is 0.233 e. The second-order valence-corrected chi connectivity index (χ2v) is 6.44. The van der Waals surface area contributed by atoms with E-state index in [9.17, 15) is 4.79 Å². The van der Waals surface area contributed by atoms with E-state index in [1.165, 1.54) is 11.8 Å². The highest BCUT2D eigenvalue weighted by Crippen LogP contribution is 2.28. The first-order valence-corrected chi connectivity index (χ1v) is 8.34. The quantitative estimate of drug-likeness (QED) is 0.833. The first-order valence-electron chi connectivity index (χ1n) is 6.58. The summed E-state index contributed by atoms with van der Waals surface area (Å²) in [6.07, 6.45) is 0. The Labute approximate surface area is 126 Å². The molecule has 0 aliphatic carbocycles. The number of carbonyl (C=O) groups is 1. The Bertz CT molecular complexity index is 565. The van der Waals surface area contributed by atoms with Crippen molar-refractivity contribution >= 4 is 29.0 Å². The molecule has 1 amide bonds. The molecule has 0 aromatic carbocycles. The summed E-state index contributed by atoms with van der Waals surface area (Å²) in [4.78, 5) is 12.9. The third-order valence-corrected chi connectivity index (χ3v) is 4.72. The van der Waals surface area contributed by atoms with Gasteiger partial charge in [0.1, 0.15) is 0 Å². The molecule has 0 saturated heterocycles. The van der Waals surface area contributed by atoms with Crippen LogP contribution in [-0.2, 0) is 11.3 Å². The Morgan fingerprint density at radius 3 is 2.90 bits per heavy atom. The van der Waals surface area contributed by atoms with Gasteiger partial charge in [-0.15, -0.1) is 21.5 Å². The van der Waals surface area contributed by atoms with E-state index in [1.54, 1.807) is 11.3 Å². The number of nitrogens with zero attached hydrogens (tertiary/aromatic N) is 3. The van der Waals surface area contributed by atoms with Gasteiger partial charge in [-0.05, 0) is 32.2 Å². The Morgan fingerprint density at radius 2 is 2.30 bits per heavy atom. The summed E-state index contributed by atoms with van der Waals surface area (Å²) >= 11 is 3.08. The molecular weight excluding hydrogens is 292 g/mol. The summed E-state index contributed by atoms with van der Waals surface area (Å²) in [5.74, 6) is 0.897. The predicted molar refractivity (Wildman–Crippen MR) is 83.0 cm³/mol. The highest BCUT2D eigenvalue weighted by atomic mass is 32.2. The number of rotatable bonds is 6. The SMILES string of the molecule is CCNC(=O)[C@H](C)Sc1nnc(-c2cccs2)n1CC. The minimum Gasteiger partial charge on any atom is -0.355 e. The summed E-state index contributed by atoms with van der Waals surface area (Å²) in [6, 6.07) is 4.03. The minimum absolute atomic E-state index is 0.0285. The molecule has 108 valence electrons. The van der Waals surface area contributed by atoms with Crippen molar-refractivity contribution in [2.75, 3.05) is 6.54 Å². The highest BCUT2D eigenvalue weighted by molar-refractivity contribution is 8.00. The number of nitrogens with one attached hydrogen (secondary N) is 1. The third-order valence-electron chi connectivity index (χ3n) is 2.78. The van der Waals surface area contributed by atoms with Crippen LogP contribution >= 0.6 is 23.1 Å². The van der Waals surface area contributed by atoms with E-state index in [0.29, 0.717) is 6.54 Å². The Morgan fingerprint density at radius 1 is 1.50 bits per heavy atom. The van der Waals surface area contributed by atoms with Gasteiger partial charge in [0, 0.05) is 13.1 Å². The zero-order valence-corrected chi connectivity index (χ0v) is 13.4. The second kappa shape index (κ2) is 6.90. The minimum atomic E-state index is -0.180. The topological polar surface area (TPSA) is 59.8 Å². The normalized spacial score (nSPS) is 12.3. The van der Waals surface area contributed by atoms with Crippen LogP contribution in [0.2, 0.25) is 0 Å². The van der Waals surface area contributed by atoms with Crippen molar-refractivity contribution in [3.05, 3.63) is 17.5 Å². The lowest BCUT2D eigenvalue weighted by Crippen LogP contribution is -2.30. The van der Waals surface area contributed by atoms with Gasteiger partial charge in [0.15, 0.2) is 11.0 Å². The number of carbonyl (C=O) groups excluding carboxylic acids is 1. The number of thioether (sulfide) groups is 1. The van der Waals surface area contributed by atoms with E-state index in [-0.39, 0.29) is 11.2 Å². The molecule has 7 heteroatoms. The van der Waals surface area contributed by atoms with Gasteiger partial charge in [-0.2, -0.15) is 0 Å². The molecule has 0 unspecified atom stereocenters. The lowest BCUT2D eigenvalue weighted by atomic mass is 10.4. The average Bonchev–Trinajstić information content (AvgIpc) is 3.07. The fourth-order valence-electron chi connectivity index (χ4n) is 1.78. The molecule has 0 aliphatic heterocycles. The first-order chi connectivity index (χ1) is 9.67. The van der Waals surface area contributed by atoms with Gasteiger partial charge in [0.25, 0.3) is 0 Å². The first kappa shape index (κ1) is 15.1. The molecule has 1 N–H and O–H groups in total. The van der Waals surface area contributed by atoms with Gasteiger partial charge < -0.3 is 9.88 Å². The van der Waals surface area contributed by atoms with Crippen molar-refractivity contribution in [3.63, 3.8) is 0 Å². The molecule has 1 atom stereocenters. The number of thiophene rings is 1. The highest BCUT2D eigenvalue weighted by Gasteiger charge is 2.19. The van der Waals surface area contributed by atoms with Crippen LogP contribution < -0.4 is 5.32 Å². The van der Waals surface area contributed by atoms with Gasteiger partial charge in [-0.3, -0.25) is 4.79 Å². The Kier molecular flexibility index (Phi) is 5.19. The molecule has 0 spiro atoms. The summed E-state index contributed by atoms with van der Waals surface area (Å²) in [6.45, 7) is 7.28. The number of hydrogen-bond donors (Lipinski definition) is 1. The largest absolute Gasteiger partial charge is 0.355 e. The lowest BCUT2D eigenvalue weighted by molar-refractivity contribution is -0.120. The molecule has 2 aromatic rings. The fourth-order valence-corrected chi connectivity index (χ4v) is 3.43. The third kappa shape index (κ3) is 3.21. The predicted octanol–water partition coefficient (Wildman–Crippen LogP) is 2.64. The standard InChI is InChI=1S/C13H18N4OS2/c1-4-14-12(18)9(3)20-13-16-15-11(17(13)5-2)10-7-6-8-19-10/h6-9H,4-5H2,1-3H3,(H,14,18)/t9-/m0/s1. The van der Waals surface area contributed by atoms with E-state index in [0.717, 1.165) is 22.4 Å². The molecule has 2 rings (SSSR count). The van der Waals surface area contributed by atoms with Crippen LogP contribution in [0.5, 0.6) is 0 Å². The van der Waals surface area contributed by atoms with Crippen molar-refractivity contribution in [1.82, 2.24) is 20.1 Å². The van der Waals surface area contributed by atoms with Crippen LogP contribution in [0.25, 0.3) is 10.7 Å². The molecular formula is C13H18N4OS2. The maximum absolute atomic E-state index is 11.8. The van der Waals surface area contributed by atoms with Crippen LogP contribution in [0.4, 0.5) is 0 Å². The summed E-state index contributed by atoms with van der Waals surface area (Å²) in [7, 11) is 0. The molecule has 2 aromatic heterocycles. The molecule has 0 aliphatic rings. The number of aromatic nitrogens is 3. The molecule has 20 heavy (non-hydrogen) atoms. The van der Waals surface area contributed by atoms with Crippen molar-refractivity contribution in [1.29, 1.82) is 0 Å². The maximum atomic E-state index is 11.8. The van der Waals surface area contributed by atoms with E-state index < -0.39 is 0 Å². The Balaban J connectivity index is 2.19. The second-order valence-electron chi connectivity index (χ2n) is 4.18.